The van der Waals surface area contributed by atoms with Gasteiger partial charge in [0.2, 0.25) is 5.91 Å². The van der Waals surface area contributed by atoms with Crippen LogP contribution in [0.15, 0.2) is 24.3 Å². The number of hydrogen-bond donors (Lipinski definition) is 3. The quantitative estimate of drug-likeness (QED) is 0.781. The highest BCUT2D eigenvalue weighted by atomic mass is 35.5. The Kier molecular flexibility index (Phi) is 8.14. The third-order valence-electron chi connectivity index (χ3n) is 2.49. The summed E-state index contributed by atoms with van der Waals surface area (Å²) in [7, 11) is 0. The molecule has 0 aliphatic carbocycles. The molecule has 1 amide bonds. The van der Waals surface area contributed by atoms with E-state index in [0.29, 0.717) is 25.9 Å². The number of nitrogens with one attached hydrogen (secondary N) is 2. The summed E-state index contributed by atoms with van der Waals surface area (Å²) in [4.78, 5) is 18.8. The molecule has 19 heavy (non-hydrogen) atoms. The number of nitrogens with zero attached hydrogens (tertiary/aromatic N) is 1. The van der Waals surface area contributed by atoms with Crippen LogP contribution in [0.4, 0.5) is 0 Å². The molecule has 7 heteroatoms. The number of nitrogens with two attached hydrogens (primary N) is 1. The molecule has 2 rings (SSSR count). The molecule has 5 nitrogen and oxygen atoms in total. The largest absolute Gasteiger partial charge is 0.356 e. The zero-order chi connectivity index (χ0) is 12.1. The Morgan fingerprint density at radius 2 is 2.05 bits per heavy atom. The molecule has 106 valence electrons. The van der Waals surface area contributed by atoms with Gasteiger partial charge in [0, 0.05) is 25.9 Å². The summed E-state index contributed by atoms with van der Waals surface area (Å²) in [5.41, 5.74) is 7.26. The normalized spacial score (nSPS) is 9.53. The molecule has 2 aromatic rings. The second kappa shape index (κ2) is 8.74. The molecular formula is C12H18Cl2N4O. The summed E-state index contributed by atoms with van der Waals surface area (Å²) in [6.07, 6.45) is 1.07. The summed E-state index contributed by atoms with van der Waals surface area (Å²) in [6, 6.07) is 7.87. The van der Waals surface area contributed by atoms with Crippen LogP contribution >= 0.6 is 24.8 Å². The number of carbonyl (C=O) groups is 1. The van der Waals surface area contributed by atoms with Crippen LogP contribution in [0.1, 0.15) is 12.2 Å². The third-order valence-corrected chi connectivity index (χ3v) is 2.49. The van der Waals surface area contributed by atoms with E-state index >= 15 is 0 Å². The number of benzene rings is 1. The van der Waals surface area contributed by atoms with Crippen LogP contribution in [0.25, 0.3) is 11.0 Å². The van der Waals surface area contributed by atoms with E-state index in [1.165, 1.54) is 0 Å². The number of para-hydroxylation sites is 2. The number of carbonyl (C=O) groups excluding carboxylic acids is 1. The Labute approximate surface area is 124 Å². The molecule has 0 bridgehead atoms. The Bertz CT molecular complexity index is 482. The van der Waals surface area contributed by atoms with E-state index in [-0.39, 0.29) is 30.7 Å². The minimum absolute atomic E-state index is 0. The van der Waals surface area contributed by atoms with Gasteiger partial charge in [-0.15, -0.1) is 24.8 Å². The summed E-state index contributed by atoms with van der Waals surface area (Å²) in [6.45, 7) is 0.967. The Morgan fingerprint density at radius 1 is 1.32 bits per heavy atom. The lowest BCUT2D eigenvalue weighted by Gasteiger charge is -2.01. The van der Waals surface area contributed by atoms with Gasteiger partial charge < -0.3 is 16.0 Å². The Hall–Kier alpha value is -1.30. The fourth-order valence-corrected chi connectivity index (χ4v) is 1.66. The lowest BCUT2D eigenvalue weighted by Crippen LogP contribution is -2.27. The van der Waals surface area contributed by atoms with E-state index in [9.17, 15) is 4.79 Å². The summed E-state index contributed by atoms with van der Waals surface area (Å²) in [5.74, 6) is 0.878. The molecule has 0 fully saturated rings. The maximum atomic E-state index is 11.2. The van der Waals surface area contributed by atoms with E-state index in [1.807, 2.05) is 24.3 Å². The fraction of sp³-hybridized carbons (Fsp3) is 0.333. The van der Waals surface area contributed by atoms with Crippen molar-refractivity contribution in [3.05, 3.63) is 30.1 Å². The van der Waals surface area contributed by atoms with Crippen molar-refractivity contribution >= 4 is 41.8 Å². The standard InChI is InChI=1S/C12H16N4O.2ClH/c13-7-5-12(17)14-8-6-11-15-9-3-1-2-4-10(9)16-11;;/h1-4H,5-8,13H2,(H,14,17)(H,15,16);2*1H. The van der Waals surface area contributed by atoms with Gasteiger partial charge in [0.25, 0.3) is 0 Å². The number of hydrogen-bond acceptors (Lipinski definition) is 3. The van der Waals surface area contributed by atoms with E-state index in [1.54, 1.807) is 0 Å². The fourth-order valence-electron chi connectivity index (χ4n) is 1.66. The average molecular weight is 305 g/mol. The molecule has 0 radical (unpaired) electrons. The van der Waals surface area contributed by atoms with Crippen LogP contribution in [-0.2, 0) is 11.2 Å². The van der Waals surface area contributed by atoms with Gasteiger partial charge in [0.1, 0.15) is 5.82 Å². The smallest absolute Gasteiger partial charge is 0.221 e. The van der Waals surface area contributed by atoms with Crippen molar-refractivity contribution < 1.29 is 4.79 Å². The van der Waals surface area contributed by atoms with Crippen molar-refractivity contribution in [3.63, 3.8) is 0 Å². The number of aromatic nitrogens is 2. The highest BCUT2D eigenvalue weighted by Gasteiger charge is 2.03. The van der Waals surface area contributed by atoms with Crippen LogP contribution in [0, 0.1) is 0 Å². The number of imidazole rings is 1. The third kappa shape index (κ3) is 5.06. The number of halogens is 2. The monoisotopic (exact) mass is 304 g/mol. The molecule has 0 atom stereocenters. The van der Waals surface area contributed by atoms with Gasteiger partial charge >= 0.3 is 0 Å². The molecule has 0 aliphatic heterocycles. The first-order valence-electron chi connectivity index (χ1n) is 5.70. The van der Waals surface area contributed by atoms with Crippen LogP contribution in [0.3, 0.4) is 0 Å². The Morgan fingerprint density at radius 3 is 2.74 bits per heavy atom. The molecule has 1 aromatic carbocycles. The summed E-state index contributed by atoms with van der Waals surface area (Å²) < 4.78 is 0. The van der Waals surface area contributed by atoms with E-state index < -0.39 is 0 Å². The lowest BCUT2D eigenvalue weighted by molar-refractivity contribution is -0.120. The lowest BCUT2D eigenvalue weighted by atomic mass is 10.3. The van der Waals surface area contributed by atoms with Gasteiger partial charge in [-0.3, -0.25) is 4.79 Å². The summed E-state index contributed by atoms with van der Waals surface area (Å²) >= 11 is 0. The maximum Gasteiger partial charge on any atom is 0.221 e. The van der Waals surface area contributed by atoms with E-state index in [2.05, 4.69) is 15.3 Å². The highest BCUT2D eigenvalue weighted by molar-refractivity contribution is 5.85. The molecule has 1 aromatic heterocycles. The predicted molar refractivity (Wildman–Crippen MR) is 81.0 cm³/mol. The maximum absolute atomic E-state index is 11.2. The molecule has 0 saturated carbocycles. The molecule has 0 unspecified atom stereocenters. The van der Waals surface area contributed by atoms with Crippen LogP contribution in [0.5, 0.6) is 0 Å². The number of H-pyrrole nitrogens is 1. The minimum Gasteiger partial charge on any atom is -0.356 e. The molecule has 0 spiro atoms. The topological polar surface area (TPSA) is 83.8 Å². The van der Waals surface area contributed by atoms with Crippen LogP contribution < -0.4 is 11.1 Å². The van der Waals surface area contributed by atoms with Crippen LogP contribution in [-0.4, -0.2) is 29.0 Å². The van der Waals surface area contributed by atoms with Gasteiger partial charge in [-0.05, 0) is 12.1 Å². The van der Waals surface area contributed by atoms with E-state index in [4.69, 9.17) is 5.73 Å². The number of fused-ring (bicyclic) bond motifs is 1. The first kappa shape index (κ1) is 17.7. The number of aromatic amines is 1. The second-order valence-electron chi connectivity index (χ2n) is 3.84. The van der Waals surface area contributed by atoms with Crippen molar-refractivity contribution in [2.45, 2.75) is 12.8 Å². The molecule has 1 heterocycles. The first-order valence-corrected chi connectivity index (χ1v) is 5.70. The summed E-state index contributed by atoms with van der Waals surface area (Å²) in [5, 5.41) is 2.80. The number of rotatable bonds is 5. The van der Waals surface area contributed by atoms with Crippen molar-refractivity contribution in [2.75, 3.05) is 13.1 Å². The molecule has 4 N–H and O–H groups in total. The molecule has 0 aliphatic rings. The molecular weight excluding hydrogens is 287 g/mol. The highest BCUT2D eigenvalue weighted by Crippen LogP contribution is 2.10. The zero-order valence-corrected chi connectivity index (χ0v) is 12.0. The van der Waals surface area contributed by atoms with Gasteiger partial charge in [-0.25, -0.2) is 4.98 Å². The van der Waals surface area contributed by atoms with Gasteiger partial charge in [0.05, 0.1) is 11.0 Å². The van der Waals surface area contributed by atoms with Crippen molar-refractivity contribution in [3.8, 4) is 0 Å². The van der Waals surface area contributed by atoms with E-state index in [0.717, 1.165) is 16.9 Å². The predicted octanol–water partition coefficient (Wildman–Crippen LogP) is 1.41. The minimum atomic E-state index is -0.0105. The Balaban J connectivity index is 0.00000162. The first-order chi connectivity index (χ1) is 8.29. The zero-order valence-electron chi connectivity index (χ0n) is 10.4. The van der Waals surface area contributed by atoms with Gasteiger partial charge in [-0.1, -0.05) is 12.1 Å². The van der Waals surface area contributed by atoms with Gasteiger partial charge in [0.15, 0.2) is 0 Å². The van der Waals surface area contributed by atoms with Crippen molar-refractivity contribution in [1.29, 1.82) is 0 Å². The average Bonchev–Trinajstić information content (AvgIpc) is 2.71. The second-order valence-corrected chi connectivity index (χ2v) is 3.84. The molecule has 0 saturated heterocycles. The van der Waals surface area contributed by atoms with Gasteiger partial charge in [-0.2, -0.15) is 0 Å². The van der Waals surface area contributed by atoms with Crippen LogP contribution in [0.2, 0.25) is 0 Å². The van der Waals surface area contributed by atoms with Crippen molar-refractivity contribution in [1.82, 2.24) is 15.3 Å². The van der Waals surface area contributed by atoms with Crippen molar-refractivity contribution in [2.24, 2.45) is 5.73 Å². The SMILES string of the molecule is Cl.Cl.NCCC(=O)NCCc1nc2ccccc2[nH]1. The number of amides is 1.